The van der Waals surface area contributed by atoms with Crippen molar-refractivity contribution in [2.75, 3.05) is 5.32 Å². The van der Waals surface area contributed by atoms with Gasteiger partial charge in [-0.05, 0) is 30.7 Å². The normalized spacial score (nSPS) is 11.9. The number of carbonyl (C=O) groups is 1. The number of aromatic amines is 2. The van der Waals surface area contributed by atoms with Crippen molar-refractivity contribution in [2.45, 2.75) is 27.7 Å². The molecule has 0 atom stereocenters. The maximum Gasteiger partial charge on any atom is 0.229 e. The third-order valence-electron chi connectivity index (χ3n) is 6.16. The summed E-state index contributed by atoms with van der Waals surface area (Å²) in [4.78, 5) is 33.7. The molecule has 0 aliphatic rings. The lowest BCUT2D eigenvalue weighted by Gasteiger charge is -2.17. The van der Waals surface area contributed by atoms with Gasteiger partial charge in [-0.2, -0.15) is 5.10 Å². The molecule has 0 saturated carbocycles. The largest absolute Gasteiger partial charge is 0.335 e. The van der Waals surface area contributed by atoms with E-state index in [2.05, 4.69) is 35.5 Å². The number of nitrogens with zero attached hydrogens (tertiary/aromatic N) is 6. The maximum atomic E-state index is 12.4. The fourth-order valence-electron chi connectivity index (χ4n) is 4.13. The third kappa shape index (κ3) is 4.12. The number of anilines is 1. The molecule has 0 aliphatic heterocycles. The molecule has 37 heavy (non-hydrogen) atoms. The van der Waals surface area contributed by atoms with Gasteiger partial charge in [0.1, 0.15) is 11.2 Å². The highest BCUT2D eigenvalue weighted by Crippen LogP contribution is 2.32. The van der Waals surface area contributed by atoms with Gasteiger partial charge in [0.25, 0.3) is 0 Å². The lowest BCUT2D eigenvalue weighted by atomic mass is 9.95. The number of H-pyrrole nitrogens is 2. The van der Waals surface area contributed by atoms with E-state index in [1.165, 1.54) is 0 Å². The average Bonchev–Trinajstić information content (AvgIpc) is 3.60. The van der Waals surface area contributed by atoms with Gasteiger partial charge in [-0.15, -0.1) is 0 Å². The molecule has 1 aromatic carbocycles. The highest BCUT2D eigenvalue weighted by atomic mass is 16.2. The van der Waals surface area contributed by atoms with Crippen LogP contribution in [0.3, 0.4) is 0 Å². The summed E-state index contributed by atoms with van der Waals surface area (Å²) >= 11 is 0. The van der Waals surface area contributed by atoms with E-state index in [9.17, 15) is 4.79 Å². The number of carbonyl (C=O) groups excluding carboxylic acids is 1. The monoisotopic (exact) mass is 491 g/mol. The summed E-state index contributed by atoms with van der Waals surface area (Å²) in [7, 11) is 0. The zero-order chi connectivity index (χ0) is 25.7. The summed E-state index contributed by atoms with van der Waals surface area (Å²) in [6.45, 7) is 7.57. The van der Waals surface area contributed by atoms with Crippen molar-refractivity contribution in [2.24, 2.45) is 5.41 Å². The predicted octanol–water partition coefficient (Wildman–Crippen LogP) is 5.04. The Morgan fingerprint density at radius 3 is 2.62 bits per heavy atom. The van der Waals surface area contributed by atoms with Crippen LogP contribution in [0.2, 0.25) is 0 Å². The number of imidazole rings is 2. The Morgan fingerprint density at radius 2 is 1.84 bits per heavy atom. The molecular formula is C27H25N9O. The van der Waals surface area contributed by atoms with Gasteiger partial charge < -0.3 is 14.9 Å². The topological polar surface area (TPSA) is 130 Å². The number of aryl methyl sites for hydroxylation is 1. The first-order valence-corrected chi connectivity index (χ1v) is 11.9. The van der Waals surface area contributed by atoms with Crippen LogP contribution in [0.4, 0.5) is 5.69 Å². The first kappa shape index (κ1) is 22.6. The maximum absolute atomic E-state index is 12.4. The third-order valence-corrected chi connectivity index (χ3v) is 6.16. The second kappa shape index (κ2) is 8.37. The molecule has 5 heterocycles. The Kier molecular flexibility index (Phi) is 5.11. The number of hydrogen-bond donors (Lipinski definition) is 3. The number of pyridine rings is 2. The predicted molar refractivity (Wildman–Crippen MR) is 142 cm³/mol. The fourth-order valence-corrected chi connectivity index (χ4v) is 4.13. The molecule has 6 rings (SSSR count). The molecule has 0 aliphatic carbocycles. The molecular weight excluding hydrogens is 466 g/mol. The Labute approximate surface area is 212 Å². The molecule has 3 N–H and O–H groups in total. The van der Waals surface area contributed by atoms with Crippen molar-refractivity contribution in [3.63, 3.8) is 0 Å². The van der Waals surface area contributed by atoms with Gasteiger partial charge in [-0.1, -0.05) is 26.8 Å². The van der Waals surface area contributed by atoms with Crippen LogP contribution in [-0.4, -0.2) is 45.6 Å². The van der Waals surface area contributed by atoms with Crippen LogP contribution >= 0.6 is 0 Å². The summed E-state index contributed by atoms with van der Waals surface area (Å²) in [6, 6.07) is 7.94. The second-order valence-electron chi connectivity index (χ2n) is 10.1. The van der Waals surface area contributed by atoms with Crippen molar-refractivity contribution < 1.29 is 4.79 Å². The minimum atomic E-state index is -0.501. The van der Waals surface area contributed by atoms with Crippen molar-refractivity contribution in [3.8, 4) is 28.3 Å². The molecule has 10 heteroatoms. The van der Waals surface area contributed by atoms with Crippen molar-refractivity contribution >= 4 is 33.5 Å². The first-order valence-electron chi connectivity index (χ1n) is 11.9. The number of hydrogen-bond acceptors (Lipinski definition) is 6. The quantitative estimate of drug-likeness (QED) is 0.317. The van der Waals surface area contributed by atoms with Gasteiger partial charge >= 0.3 is 0 Å². The molecule has 0 bridgehead atoms. The molecule has 0 saturated heterocycles. The summed E-state index contributed by atoms with van der Waals surface area (Å²) in [5, 5.41) is 11.5. The lowest BCUT2D eigenvalue weighted by Crippen LogP contribution is -2.27. The van der Waals surface area contributed by atoms with E-state index in [4.69, 9.17) is 4.98 Å². The standard InChI is InChI=1S/C27H25N9O/c1-15-13-36(14-30-15)22-12-29-11-21-24(22)33-25(32-21)23-19-8-16(5-6-20(19)34-35-23)17-7-18(10-28-9-17)31-26(37)27(2,3)4/h5-14H,1-4H3,(H,31,37)(H,32,33)(H,34,35). The second-order valence-corrected chi connectivity index (χ2v) is 10.1. The van der Waals surface area contributed by atoms with E-state index in [1.54, 1.807) is 31.1 Å². The van der Waals surface area contributed by atoms with Crippen LogP contribution in [0.25, 0.3) is 50.3 Å². The molecule has 0 spiro atoms. The molecule has 0 unspecified atom stereocenters. The molecule has 0 radical (unpaired) electrons. The minimum absolute atomic E-state index is 0.0661. The summed E-state index contributed by atoms with van der Waals surface area (Å²) in [6.07, 6.45) is 10.6. The van der Waals surface area contributed by atoms with Crippen LogP contribution in [0.15, 0.2) is 61.6 Å². The molecule has 10 nitrogen and oxygen atoms in total. The van der Waals surface area contributed by atoms with Crippen molar-refractivity contribution in [3.05, 3.63) is 67.3 Å². The molecule has 1 amide bonds. The van der Waals surface area contributed by atoms with Gasteiger partial charge in [0.2, 0.25) is 5.91 Å². The Bertz CT molecular complexity index is 1780. The van der Waals surface area contributed by atoms with Crippen LogP contribution in [0, 0.1) is 12.3 Å². The van der Waals surface area contributed by atoms with E-state index >= 15 is 0 Å². The Morgan fingerprint density at radius 1 is 1.00 bits per heavy atom. The number of rotatable bonds is 4. The zero-order valence-electron chi connectivity index (χ0n) is 20.9. The average molecular weight is 492 g/mol. The van der Waals surface area contributed by atoms with Crippen molar-refractivity contribution in [1.29, 1.82) is 0 Å². The SMILES string of the molecule is Cc1cn(-c2cncc3[nH]c(-c4n[nH]c5ccc(-c6cncc(NC(=O)C(C)(C)C)c6)cc45)nc23)cn1. The van der Waals surface area contributed by atoms with Crippen LogP contribution in [-0.2, 0) is 4.79 Å². The Hall–Kier alpha value is -4.86. The van der Waals surface area contributed by atoms with Crippen molar-refractivity contribution in [1.82, 2.24) is 39.7 Å². The molecule has 5 aromatic heterocycles. The number of amides is 1. The van der Waals surface area contributed by atoms with Gasteiger partial charge in [0, 0.05) is 28.8 Å². The zero-order valence-corrected chi connectivity index (χ0v) is 20.9. The highest BCUT2D eigenvalue weighted by molar-refractivity contribution is 5.97. The molecule has 184 valence electrons. The van der Waals surface area contributed by atoms with Crippen LogP contribution in [0.1, 0.15) is 26.5 Å². The smallest absolute Gasteiger partial charge is 0.229 e. The van der Waals surface area contributed by atoms with Gasteiger partial charge in [0.15, 0.2) is 5.82 Å². The summed E-state index contributed by atoms with van der Waals surface area (Å²) in [5.74, 6) is 0.567. The Balaban J connectivity index is 1.40. The number of benzene rings is 1. The molecule has 0 fully saturated rings. The number of nitrogens with one attached hydrogen (secondary N) is 3. The fraction of sp³-hybridized carbons (Fsp3) is 0.185. The number of aromatic nitrogens is 8. The highest BCUT2D eigenvalue weighted by Gasteiger charge is 2.21. The van der Waals surface area contributed by atoms with E-state index in [0.29, 0.717) is 17.2 Å². The van der Waals surface area contributed by atoms with E-state index < -0.39 is 5.41 Å². The van der Waals surface area contributed by atoms with Gasteiger partial charge in [0.05, 0.1) is 53.0 Å². The molecule has 6 aromatic rings. The summed E-state index contributed by atoms with van der Waals surface area (Å²) in [5.41, 5.74) is 6.89. The van der Waals surface area contributed by atoms with Gasteiger partial charge in [-0.25, -0.2) is 9.97 Å². The van der Waals surface area contributed by atoms with E-state index in [-0.39, 0.29) is 5.91 Å². The lowest BCUT2D eigenvalue weighted by molar-refractivity contribution is -0.123. The van der Waals surface area contributed by atoms with E-state index in [0.717, 1.165) is 44.4 Å². The number of fused-ring (bicyclic) bond motifs is 2. The van der Waals surface area contributed by atoms with Crippen LogP contribution in [0.5, 0.6) is 0 Å². The summed E-state index contributed by atoms with van der Waals surface area (Å²) < 4.78 is 1.91. The van der Waals surface area contributed by atoms with E-state index in [1.807, 2.05) is 62.7 Å². The first-order chi connectivity index (χ1) is 17.8. The van der Waals surface area contributed by atoms with Crippen LogP contribution < -0.4 is 5.32 Å². The van der Waals surface area contributed by atoms with Gasteiger partial charge in [-0.3, -0.25) is 19.9 Å². The minimum Gasteiger partial charge on any atom is -0.335 e.